The Morgan fingerprint density at radius 2 is 2.10 bits per heavy atom. The van der Waals surface area contributed by atoms with Crippen molar-refractivity contribution in [2.75, 3.05) is 19.0 Å². The highest BCUT2D eigenvalue weighted by Gasteiger charge is 2.31. The van der Waals surface area contributed by atoms with Crippen LogP contribution in [0.15, 0.2) is 18.2 Å². The predicted molar refractivity (Wildman–Crippen MR) is 79.5 cm³/mol. The molecule has 0 bridgehead atoms. The maximum atomic E-state index is 12.0. The third kappa shape index (κ3) is 4.09. The maximum Gasteiger partial charge on any atom is 0.246 e. The Kier molecular flexibility index (Phi) is 4.69. The fourth-order valence-electron chi connectivity index (χ4n) is 2.11. The first kappa shape index (κ1) is 15.6. The van der Waals surface area contributed by atoms with Gasteiger partial charge < -0.3 is 25.3 Å². The second-order valence-corrected chi connectivity index (χ2v) is 5.50. The van der Waals surface area contributed by atoms with E-state index in [0.29, 0.717) is 30.2 Å². The van der Waals surface area contributed by atoms with Gasteiger partial charge in [0.1, 0.15) is 0 Å². The molecule has 1 aliphatic rings. The van der Waals surface area contributed by atoms with E-state index >= 15 is 0 Å². The van der Waals surface area contributed by atoms with E-state index in [0.717, 1.165) is 6.42 Å². The van der Waals surface area contributed by atoms with Gasteiger partial charge in [-0.05, 0) is 25.0 Å². The number of nitrogens with two attached hydrogens (primary N) is 1. The number of rotatable bonds is 6. The van der Waals surface area contributed by atoms with Crippen LogP contribution in [-0.4, -0.2) is 31.5 Å². The zero-order chi connectivity index (χ0) is 15.5. The van der Waals surface area contributed by atoms with Crippen molar-refractivity contribution in [3.63, 3.8) is 0 Å². The number of amides is 1. The van der Waals surface area contributed by atoms with Crippen LogP contribution in [0.3, 0.4) is 0 Å². The van der Waals surface area contributed by atoms with Gasteiger partial charge in [-0.15, -0.1) is 0 Å². The number of hydrogen-bond donors (Lipinski definition) is 2. The van der Waals surface area contributed by atoms with Crippen LogP contribution >= 0.6 is 0 Å². The summed E-state index contributed by atoms with van der Waals surface area (Å²) in [5.74, 6) is 0.388. The molecule has 1 heterocycles. The van der Waals surface area contributed by atoms with Gasteiger partial charge in [0.25, 0.3) is 0 Å². The van der Waals surface area contributed by atoms with Gasteiger partial charge in [-0.3, -0.25) is 4.79 Å². The molecule has 0 spiro atoms. The zero-order valence-corrected chi connectivity index (χ0v) is 12.6. The first-order chi connectivity index (χ1) is 9.91. The van der Waals surface area contributed by atoms with Crippen LogP contribution in [-0.2, 0) is 9.53 Å². The molecule has 1 amide bonds. The molecule has 2 rings (SSSR count). The van der Waals surface area contributed by atoms with Gasteiger partial charge in [-0.2, -0.15) is 0 Å². The SMILES string of the molecule is COCCCC(N)C(=O)Nc1ccc2c(c1)OC(C)(C)O2. The summed E-state index contributed by atoms with van der Waals surface area (Å²) in [5.41, 5.74) is 6.48. The molecule has 116 valence electrons. The molecule has 21 heavy (non-hydrogen) atoms. The Morgan fingerprint density at radius 1 is 1.38 bits per heavy atom. The molecule has 0 saturated heterocycles. The maximum absolute atomic E-state index is 12.0. The fourth-order valence-corrected chi connectivity index (χ4v) is 2.11. The van der Waals surface area contributed by atoms with Crippen LogP contribution in [0.2, 0.25) is 0 Å². The molecule has 1 atom stereocenters. The number of hydrogen-bond acceptors (Lipinski definition) is 5. The van der Waals surface area contributed by atoms with Crippen LogP contribution in [0.25, 0.3) is 0 Å². The molecule has 1 aromatic rings. The van der Waals surface area contributed by atoms with Crippen molar-refractivity contribution >= 4 is 11.6 Å². The number of nitrogens with one attached hydrogen (secondary N) is 1. The molecule has 0 aromatic heterocycles. The first-order valence-electron chi connectivity index (χ1n) is 6.99. The highest BCUT2D eigenvalue weighted by Crippen LogP contribution is 2.40. The van der Waals surface area contributed by atoms with Crippen molar-refractivity contribution in [1.82, 2.24) is 0 Å². The molecule has 0 fully saturated rings. The quantitative estimate of drug-likeness (QED) is 0.783. The summed E-state index contributed by atoms with van der Waals surface area (Å²) in [4.78, 5) is 12.0. The average Bonchev–Trinajstić information content (AvgIpc) is 2.72. The second kappa shape index (κ2) is 6.32. The number of carbonyl (C=O) groups excluding carboxylic acids is 1. The summed E-state index contributed by atoms with van der Waals surface area (Å²) >= 11 is 0. The number of ether oxygens (including phenoxy) is 3. The smallest absolute Gasteiger partial charge is 0.246 e. The van der Waals surface area contributed by atoms with Gasteiger partial charge >= 0.3 is 0 Å². The topological polar surface area (TPSA) is 82.8 Å². The van der Waals surface area contributed by atoms with E-state index in [1.807, 2.05) is 13.8 Å². The Balaban J connectivity index is 1.94. The summed E-state index contributed by atoms with van der Waals surface area (Å²) in [7, 11) is 1.62. The summed E-state index contributed by atoms with van der Waals surface area (Å²) in [6, 6.07) is 4.73. The van der Waals surface area contributed by atoms with E-state index < -0.39 is 11.8 Å². The number of methoxy groups -OCH3 is 1. The van der Waals surface area contributed by atoms with Gasteiger partial charge in [0.2, 0.25) is 11.7 Å². The molecule has 1 aliphatic heterocycles. The summed E-state index contributed by atoms with van der Waals surface area (Å²) in [6.45, 7) is 4.26. The van der Waals surface area contributed by atoms with Gasteiger partial charge in [-0.1, -0.05) is 0 Å². The Bertz CT molecular complexity index is 516. The van der Waals surface area contributed by atoms with E-state index in [1.165, 1.54) is 0 Å². The van der Waals surface area contributed by atoms with Crippen LogP contribution < -0.4 is 20.5 Å². The van der Waals surface area contributed by atoms with E-state index in [2.05, 4.69) is 5.32 Å². The molecule has 0 radical (unpaired) electrons. The number of anilines is 1. The number of fused-ring (bicyclic) bond motifs is 1. The van der Waals surface area contributed by atoms with E-state index in [9.17, 15) is 4.79 Å². The van der Waals surface area contributed by atoms with Crippen molar-refractivity contribution in [3.8, 4) is 11.5 Å². The van der Waals surface area contributed by atoms with E-state index in [4.69, 9.17) is 19.9 Å². The predicted octanol–water partition coefficient (Wildman–Crippen LogP) is 1.89. The van der Waals surface area contributed by atoms with Gasteiger partial charge in [0.05, 0.1) is 6.04 Å². The molecule has 3 N–H and O–H groups in total. The third-order valence-corrected chi connectivity index (χ3v) is 3.12. The van der Waals surface area contributed by atoms with Crippen molar-refractivity contribution in [1.29, 1.82) is 0 Å². The van der Waals surface area contributed by atoms with Crippen molar-refractivity contribution in [2.45, 2.75) is 38.5 Å². The molecule has 1 aromatic carbocycles. The van der Waals surface area contributed by atoms with Gasteiger partial charge in [0.15, 0.2) is 11.5 Å². The third-order valence-electron chi connectivity index (χ3n) is 3.12. The lowest BCUT2D eigenvalue weighted by atomic mass is 10.1. The molecule has 0 aliphatic carbocycles. The molecular formula is C15H22N2O4. The highest BCUT2D eigenvalue weighted by atomic mass is 16.7. The Hall–Kier alpha value is -1.79. The van der Waals surface area contributed by atoms with Gasteiger partial charge in [0, 0.05) is 39.3 Å². The second-order valence-electron chi connectivity index (χ2n) is 5.50. The standard InChI is InChI=1S/C15H22N2O4/c1-15(2)20-12-7-6-10(9-13(12)21-15)17-14(18)11(16)5-4-8-19-3/h6-7,9,11H,4-5,8,16H2,1-3H3,(H,17,18). The summed E-state index contributed by atoms with van der Waals surface area (Å²) in [6.07, 6.45) is 1.33. The lowest BCUT2D eigenvalue weighted by molar-refractivity contribution is -0.117. The number of benzene rings is 1. The average molecular weight is 294 g/mol. The van der Waals surface area contributed by atoms with Crippen LogP contribution in [0.5, 0.6) is 11.5 Å². The monoisotopic (exact) mass is 294 g/mol. The molecule has 0 saturated carbocycles. The largest absolute Gasteiger partial charge is 0.449 e. The molecule has 6 nitrogen and oxygen atoms in total. The summed E-state index contributed by atoms with van der Waals surface area (Å²) < 4.78 is 16.2. The minimum absolute atomic E-state index is 0.218. The van der Waals surface area contributed by atoms with E-state index in [-0.39, 0.29) is 5.91 Å². The zero-order valence-electron chi connectivity index (χ0n) is 12.6. The van der Waals surface area contributed by atoms with Gasteiger partial charge in [-0.25, -0.2) is 0 Å². The molecule has 1 unspecified atom stereocenters. The Morgan fingerprint density at radius 3 is 2.81 bits per heavy atom. The molecule has 6 heteroatoms. The minimum atomic E-state index is -0.679. The molecular weight excluding hydrogens is 272 g/mol. The highest BCUT2D eigenvalue weighted by molar-refractivity contribution is 5.94. The van der Waals surface area contributed by atoms with Crippen LogP contribution in [0.4, 0.5) is 5.69 Å². The van der Waals surface area contributed by atoms with Crippen molar-refractivity contribution < 1.29 is 19.0 Å². The van der Waals surface area contributed by atoms with E-state index in [1.54, 1.807) is 25.3 Å². The lowest BCUT2D eigenvalue weighted by Gasteiger charge is -2.16. The summed E-state index contributed by atoms with van der Waals surface area (Å²) in [5, 5.41) is 2.79. The minimum Gasteiger partial charge on any atom is -0.449 e. The van der Waals surface area contributed by atoms with Crippen molar-refractivity contribution in [3.05, 3.63) is 18.2 Å². The first-order valence-corrected chi connectivity index (χ1v) is 6.99. The lowest BCUT2D eigenvalue weighted by Crippen LogP contribution is -2.35. The fraction of sp³-hybridized carbons (Fsp3) is 0.533. The number of carbonyl (C=O) groups is 1. The van der Waals surface area contributed by atoms with Crippen molar-refractivity contribution in [2.24, 2.45) is 5.73 Å². The Labute approximate surface area is 124 Å². The van der Waals surface area contributed by atoms with Crippen LogP contribution in [0, 0.1) is 0 Å². The normalized spacial score (nSPS) is 16.6. The van der Waals surface area contributed by atoms with Crippen LogP contribution in [0.1, 0.15) is 26.7 Å².